The first-order chi connectivity index (χ1) is 12.7. The molecule has 1 N–H and O–H groups in total. The summed E-state index contributed by atoms with van der Waals surface area (Å²) in [6, 6.07) is 12.0. The average Bonchev–Trinajstić information content (AvgIpc) is 3.29. The normalized spacial score (nSPS) is 14.8. The molecule has 0 aliphatic heterocycles. The van der Waals surface area contributed by atoms with E-state index in [2.05, 4.69) is 29.5 Å². The van der Waals surface area contributed by atoms with Gasteiger partial charge in [-0.05, 0) is 43.0 Å². The average molecular weight is 347 g/mol. The largest absolute Gasteiger partial charge is 0.326 e. The fourth-order valence-electron chi connectivity index (χ4n) is 3.86. The van der Waals surface area contributed by atoms with Crippen LogP contribution < -0.4 is 5.32 Å². The third-order valence-electron chi connectivity index (χ3n) is 5.30. The van der Waals surface area contributed by atoms with Gasteiger partial charge in [0.15, 0.2) is 0 Å². The second-order valence-electron chi connectivity index (χ2n) is 7.42. The van der Waals surface area contributed by atoms with E-state index in [1.54, 1.807) is 0 Å². The number of carbonyl (C=O) groups excluding carboxylic acids is 1. The quantitative estimate of drug-likeness (QED) is 0.688. The summed E-state index contributed by atoms with van der Waals surface area (Å²) in [5.74, 6) is 0.855. The molecule has 3 aromatic rings. The van der Waals surface area contributed by atoms with E-state index in [1.807, 2.05) is 40.9 Å². The summed E-state index contributed by atoms with van der Waals surface area (Å²) in [7, 11) is 0. The van der Waals surface area contributed by atoms with Gasteiger partial charge in [-0.15, -0.1) is 0 Å². The van der Waals surface area contributed by atoms with E-state index in [0.717, 1.165) is 34.9 Å². The summed E-state index contributed by atoms with van der Waals surface area (Å²) in [5.41, 5.74) is 4.89. The molecule has 1 aliphatic rings. The van der Waals surface area contributed by atoms with Crippen LogP contribution in [0.15, 0.2) is 48.8 Å². The highest BCUT2D eigenvalue weighted by Gasteiger charge is 2.16. The second kappa shape index (κ2) is 7.32. The molecule has 0 spiro atoms. The predicted octanol–water partition coefficient (Wildman–Crippen LogP) is 5.22. The number of amides is 1. The molecule has 0 atom stereocenters. The molecule has 2 aromatic heterocycles. The van der Waals surface area contributed by atoms with Gasteiger partial charge in [0.25, 0.3) is 0 Å². The highest BCUT2D eigenvalue weighted by atomic mass is 16.1. The number of aromatic nitrogens is 2. The number of imidazole rings is 1. The minimum atomic E-state index is 0.111. The molecule has 0 bridgehead atoms. The number of benzene rings is 1. The van der Waals surface area contributed by atoms with Crippen LogP contribution in [-0.4, -0.2) is 15.3 Å². The van der Waals surface area contributed by atoms with Gasteiger partial charge in [0.2, 0.25) is 5.91 Å². The molecule has 0 unspecified atom stereocenters. The molecular weight excluding hydrogens is 322 g/mol. The van der Waals surface area contributed by atoms with Crippen LogP contribution in [0.1, 0.15) is 44.1 Å². The van der Waals surface area contributed by atoms with Crippen LogP contribution >= 0.6 is 0 Å². The second-order valence-corrected chi connectivity index (χ2v) is 7.42. The minimum Gasteiger partial charge on any atom is -0.326 e. The van der Waals surface area contributed by atoms with Gasteiger partial charge >= 0.3 is 0 Å². The highest BCUT2D eigenvalue weighted by Crippen LogP contribution is 2.29. The molecule has 4 rings (SSSR count). The summed E-state index contributed by atoms with van der Waals surface area (Å²) in [6.45, 7) is 2.07. The van der Waals surface area contributed by atoms with Crippen LogP contribution in [0.5, 0.6) is 0 Å². The van der Waals surface area contributed by atoms with Gasteiger partial charge in [0.05, 0.1) is 5.69 Å². The van der Waals surface area contributed by atoms with E-state index in [9.17, 15) is 4.79 Å². The van der Waals surface area contributed by atoms with E-state index in [-0.39, 0.29) is 5.91 Å². The Bertz CT molecular complexity index is 922. The Balaban J connectivity index is 1.46. The van der Waals surface area contributed by atoms with Crippen molar-refractivity contribution >= 4 is 17.2 Å². The summed E-state index contributed by atoms with van der Waals surface area (Å²) in [6.07, 6.45) is 11.0. The molecule has 134 valence electrons. The maximum Gasteiger partial charge on any atom is 0.224 e. The number of fused-ring (bicyclic) bond motifs is 1. The van der Waals surface area contributed by atoms with E-state index in [4.69, 9.17) is 0 Å². The van der Waals surface area contributed by atoms with Crippen LogP contribution in [0.25, 0.3) is 16.9 Å². The number of aryl methyl sites for hydroxylation is 1. The Morgan fingerprint density at radius 3 is 2.88 bits per heavy atom. The topological polar surface area (TPSA) is 46.4 Å². The first kappa shape index (κ1) is 16.8. The Labute approximate surface area is 154 Å². The lowest BCUT2D eigenvalue weighted by Crippen LogP contribution is -2.12. The molecule has 0 saturated heterocycles. The number of rotatable bonds is 5. The van der Waals surface area contributed by atoms with Crippen molar-refractivity contribution in [1.29, 1.82) is 0 Å². The number of nitrogens with zero attached hydrogens (tertiary/aromatic N) is 2. The van der Waals surface area contributed by atoms with Crippen LogP contribution in [0, 0.1) is 12.8 Å². The first-order valence-electron chi connectivity index (χ1n) is 9.53. The monoisotopic (exact) mass is 347 g/mol. The van der Waals surface area contributed by atoms with Crippen LogP contribution in [0.3, 0.4) is 0 Å². The molecule has 4 heteroatoms. The van der Waals surface area contributed by atoms with Gasteiger partial charge in [-0.2, -0.15) is 0 Å². The molecule has 2 heterocycles. The van der Waals surface area contributed by atoms with E-state index in [0.29, 0.717) is 6.42 Å². The number of hydrogen-bond acceptors (Lipinski definition) is 2. The lowest BCUT2D eigenvalue weighted by molar-refractivity contribution is -0.116. The molecule has 1 saturated carbocycles. The smallest absolute Gasteiger partial charge is 0.224 e. The van der Waals surface area contributed by atoms with Gasteiger partial charge in [0, 0.05) is 30.1 Å². The van der Waals surface area contributed by atoms with Crippen molar-refractivity contribution in [3.8, 4) is 11.3 Å². The Morgan fingerprint density at radius 2 is 2.04 bits per heavy atom. The number of pyridine rings is 1. The van der Waals surface area contributed by atoms with Crippen molar-refractivity contribution in [2.75, 3.05) is 5.32 Å². The van der Waals surface area contributed by atoms with E-state index < -0.39 is 0 Å². The van der Waals surface area contributed by atoms with Crippen molar-refractivity contribution in [2.24, 2.45) is 5.92 Å². The summed E-state index contributed by atoms with van der Waals surface area (Å²) in [5, 5.41) is 3.05. The molecule has 1 fully saturated rings. The molecule has 0 radical (unpaired) electrons. The fourth-order valence-corrected chi connectivity index (χ4v) is 3.86. The lowest BCUT2D eigenvalue weighted by Gasteiger charge is -2.09. The molecule has 1 amide bonds. The van der Waals surface area contributed by atoms with E-state index >= 15 is 0 Å². The molecule has 4 nitrogen and oxygen atoms in total. The Hall–Kier alpha value is -2.62. The summed E-state index contributed by atoms with van der Waals surface area (Å²) in [4.78, 5) is 16.9. The lowest BCUT2D eigenvalue weighted by atomic mass is 10.0. The molecule has 26 heavy (non-hydrogen) atoms. The molecule has 1 aromatic carbocycles. The van der Waals surface area contributed by atoms with Crippen LogP contribution in [0.2, 0.25) is 0 Å². The summed E-state index contributed by atoms with van der Waals surface area (Å²) < 4.78 is 2.04. The molecule has 1 aliphatic carbocycles. The van der Waals surface area contributed by atoms with Gasteiger partial charge in [-0.1, -0.05) is 43.9 Å². The van der Waals surface area contributed by atoms with Crippen molar-refractivity contribution in [2.45, 2.75) is 45.4 Å². The maximum absolute atomic E-state index is 12.3. The van der Waals surface area contributed by atoms with E-state index in [1.165, 1.54) is 31.2 Å². The predicted molar refractivity (Wildman–Crippen MR) is 105 cm³/mol. The fraction of sp³-hybridized carbons (Fsp3) is 0.364. The van der Waals surface area contributed by atoms with Gasteiger partial charge in [0.1, 0.15) is 5.65 Å². The van der Waals surface area contributed by atoms with Crippen LogP contribution in [0.4, 0.5) is 5.69 Å². The minimum absolute atomic E-state index is 0.111. The Morgan fingerprint density at radius 1 is 1.19 bits per heavy atom. The van der Waals surface area contributed by atoms with Crippen molar-refractivity contribution in [3.63, 3.8) is 0 Å². The number of hydrogen-bond donors (Lipinski definition) is 1. The van der Waals surface area contributed by atoms with Gasteiger partial charge in [-0.3, -0.25) is 4.79 Å². The Kier molecular flexibility index (Phi) is 4.74. The van der Waals surface area contributed by atoms with Crippen molar-refractivity contribution < 1.29 is 4.79 Å². The zero-order chi connectivity index (χ0) is 17.9. The third kappa shape index (κ3) is 3.79. The zero-order valence-corrected chi connectivity index (χ0v) is 15.2. The third-order valence-corrected chi connectivity index (χ3v) is 5.30. The molecular formula is C22H25N3O. The van der Waals surface area contributed by atoms with Gasteiger partial charge < -0.3 is 9.72 Å². The maximum atomic E-state index is 12.3. The van der Waals surface area contributed by atoms with Crippen LogP contribution in [-0.2, 0) is 4.79 Å². The highest BCUT2D eigenvalue weighted by molar-refractivity contribution is 5.91. The summed E-state index contributed by atoms with van der Waals surface area (Å²) >= 11 is 0. The SMILES string of the molecule is Cc1ccc2nc(-c3cccc(NC(=O)CCC4CCCC4)c3)cn2c1. The number of carbonyl (C=O) groups is 1. The standard InChI is InChI=1S/C22H25N3O/c1-16-9-11-21-24-20(15-25(21)14-16)18-7-4-8-19(13-18)23-22(26)12-10-17-5-2-3-6-17/h4,7-9,11,13-15,17H,2-3,5-6,10,12H2,1H3,(H,23,26). The van der Waals surface area contributed by atoms with Gasteiger partial charge in [-0.25, -0.2) is 4.98 Å². The van der Waals surface area contributed by atoms with Crippen molar-refractivity contribution in [3.05, 3.63) is 54.4 Å². The number of anilines is 1. The zero-order valence-electron chi connectivity index (χ0n) is 15.2. The van der Waals surface area contributed by atoms with Crippen molar-refractivity contribution in [1.82, 2.24) is 9.38 Å². The number of nitrogens with one attached hydrogen (secondary N) is 1. The first-order valence-corrected chi connectivity index (χ1v) is 9.53.